The topological polar surface area (TPSA) is 49.4 Å². The number of hydrogen-bond donors (Lipinski definition) is 1. The smallest absolute Gasteiger partial charge is 0.239 e. The van der Waals surface area contributed by atoms with E-state index in [9.17, 15) is 9.59 Å². The van der Waals surface area contributed by atoms with Crippen LogP contribution < -0.4 is 5.32 Å². The summed E-state index contributed by atoms with van der Waals surface area (Å²) in [5, 5.41) is 3.39. The lowest BCUT2D eigenvalue weighted by atomic mass is 9.88. The maximum atomic E-state index is 12.7. The number of carbonyl (C=O) groups is 2. The highest BCUT2D eigenvalue weighted by molar-refractivity contribution is 6.31. The van der Waals surface area contributed by atoms with Crippen molar-refractivity contribution < 1.29 is 9.59 Å². The third-order valence-electron chi connectivity index (χ3n) is 4.25. The van der Waals surface area contributed by atoms with E-state index in [4.69, 9.17) is 11.6 Å². The van der Waals surface area contributed by atoms with Crippen molar-refractivity contribution in [1.29, 1.82) is 0 Å². The number of nitrogens with zero attached hydrogens (tertiary/aromatic N) is 1. The molecular formula is C19H19ClN2O2. The lowest BCUT2D eigenvalue weighted by molar-refractivity contribution is -0.138. The Kier molecular flexibility index (Phi) is 5.16. The summed E-state index contributed by atoms with van der Waals surface area (Å²) in [6.07, 6.45) is 0.293. The number of nitrogens with one attached hydrogen (secondary N) is 1. The Hall–Kier alpha value is -2.33. The molecule has 5 heteroatoms. The van der Waals surface area contributed by atoms with Crippen LogP contribution >= 0.6 is 11.6 Å². The van der Waals surface area contributed by atoms with Crippen LogP contribution in [0.2, 0.25) is 5.02 Å². The Morgan fingerprint density at radius 3 is 2.54 bits per heavy atom. The SMILES string of the molecule is O=C1CN(C(=O)C[C@H](c2ccccc2)c2ccccc2Cl)CCN1. The van der Waals surface area contributed by atoms with Crippen molar-refractivity contribution >= 4 is 23.4 Å². The fourth-order valence-corrected chi connectivity index (χ4v) is 3.27. The molecular weight excluding hydrogens is 324 g/mol. The van der Waals surface area contributed by atoms with Crippen molar-refractivity contribution in [2.45, 2.75) is 12.3 Å². The van der Waals surface area contributed by atoms with E-state index in [-0.39, 0.29) is 24.3 Å². The first-order valence-electron chi connectivity index (χ1n) is 7.99. The van der Waals surface area contributed by atoms with E-state index in [2.05, 4.69) is 5.32 Å². The van der Waals surface area contributed by atoms with E-state index in [1.807, 2.05) is 54.6 Å². The predicted octanol–water partition coefficient (Wildman–Crippen LogP) is 2.82. The maximum Gasteiger partial charge on any atom is 0.239 e. The third-order valence-corrected chi connectivity index (χ3v) is 4.60. The summed E-state index contributed by atoms with van der Waals surface area (Å²) in [5.41, 5.74) is 1.97. The molecule has 0 aromatic heterocycles. The van der Waals surface area contributed by atoms with Crippen LogP contribution in [0.1, 0.15) is 23.5 Å². The highest BCUT2D eigenvalue weighted by Crippen LogP contribution is 2.33. The van der Waals surface area contributed by atoms with Crippen LogP contribution in [0.15, 0.2) is 54.6 Å². The molecule has 1 fully saturated rings. The molecule has 1 aliphatic heterocycles. The van der Waals surface area contributed by atoms with Gasteiger partial charge in [-0.1, -0.05) is 60.1 Å². The highest BCUT2D eigenvalue weighted by Gasteiger charge is 2.26. The fraction of sp³-hybridized carbons (Fsp3) is 0.263. The molecule has 4 nitrogen and oxygen atoms in total. The molecule has 1 heterocycles. The van der Waals surface area contributed by atoms with E-state index < -0.39 is 0 Å². The largest absolute Gasteiger partial charge is 0.353 e. The van der Waals surface area contributed by atoms with E-state index in [0.717, 1.165) is 11.1 Å². The molecule has 2 aromatic rings. The number of hydrogen-bond acceptors (Lipinski definition) is 2. The van der Waals surface area contributed by atoms with Crippen molar-refractivity contribution in [3.05, 3.63) is 70.7 Å². The fourth-order valence-electron chi connectivity index (χ4n) is 3.01. The van der Waals surface area contributed by atoms with Crippen LogP contribution in [0.3, 0.4) is 0 Å². The molecule has 124 valence electrons. The van der Waals surface area contributed by atoms with Gasteiger partial charge in [-0.05, 0) is 17.2 Å². The van der Waals surface area contributed by atoms with Gasteiger partial charge in [-0.15, -0.1) is 0 Å². The molecule has 24 heavy (non-hydrogen) atoms. The highest BCUT2D eigenvalue weighted by atomic mass is 35.5. The van der Waals surface area contributed by atoms with Crippen LogP contribution in [0.25, 0.3) is 0 Å². The van der Waals surface area contributed by atoms with E-state index in [1.54, 1.807) is 4.90 Å². The number of piperazine rings is 1. The minimum absolute atomic E-state index is 0.0291. The average Bonchev–Trinajstić information content (AvgIpc) is 2.61. The van der Waals surface area contributed by atoms with Crippen molar-refractivity contribution in [1.82, 2.24) is 10.2 Å². The summed E-state index contributed by atoms with van der Waals surface area (Å²) >= 11 is 6.37. The first-order chi connectivity index (χ1) is 11.6. The first-order valence-corrected chi connectivity index (χ1v) is 8.37. The Morgan fingerprint density at radius 1 is 1.12 bits per heavy atom. The zero-order valence-electron chi connectivity index (χ0n) is 13.2. The zero-order valence-corrected chi connectivity index (χ0v) is 14.0. The molecule has 1 saturated heterocycles. The van der Waals surface area contributed by atoms with Crippen molar-refractivity contribution in [3.63, 3.8) is 0 Å². The van der Waals surface area contributed by atoms with Gasteiger partial charge in [0.15, 0.2) is 0 Å². The number of halogens is 1. The Morgan fingerprint density at radius 2 is 1.83 bits per heavy atom. The second kappa shape index (κ2) is 7.49. The molecule has 1 N–H and O–H groups in total. The molecule has 1 atom stereocenters. The van der Waals surface area contributed by atoms with E-state index in [0.29, 0.717) is 24.5 Å². The summed E-state index contributed by atoms with van der Waals surface area (Å²) in [6.45, 7) is 1.18. The number of amides is 2. The Labute approximate surface area is 146 Å². The minimum atomic E-state index is -0.127. The molecule has 0 bridgehead atoms. The molecule has 0 spiro atoms. The quantitative estimate of drug-likeness (QED) is 0.928. The zero-order chi connectivity index (χ0) is 16.9. The van der Waals surface area contributed by atoms with Gasteiger partial charge >= 0.3 is 0 Å². The average molecular weight is 343 g/mol. The van der Waals surface area contributed by atoms with Gasteiger partial charge in [0.2, 0.25) is 11.8 Å². The van der Waals surface area contributed by atoms with Crippen LogP contribution in [0.4, 0.5) is 0 Å². The Bertz CT molecular complexity index is 733. The van der Waals surface area contributed by atoms with Gasteiger partial charge in [-0.3, -0.25) is 9.59 Å². The second-order valence-corrected chi connectivity index (χ2v) is 6.26. The monoisotopic (exact) mass is 342 g/mol. The van der Waals surface area contributed by atoms with Crippen LogP contribution in [0, 0.1) is 0 Å². The molecule has 2 aromatic carbocycles. The first kappa shape index (κ1) is 16.5. The molecule has 1 aliphatic rings. The van der Waals surface area contributed by atoms with Gasteiger partial charge in [0.25, 0.3) is 0 Å². The van der Waals surface area contributed by atoms with E-state index >= 15 is 0 Å². The molecule has 0 aliphatic carbocycles. The molecule has 0 radical (unpaired) electrons. The summed E-state index contributed by atoms with van der Waals surface area (Å²) in [6, 6.07) is 17.5. The van der Waals surface area contributed by atoms with Crippen molar-refractivity contribution in [2.24, 2.45) is 0 Å². The second-order valence-electron chi connectivity index (χ2n) is 5.85. The van der Waals surface area contributed by atoms with Gasteiger partial charge in [0.05, 0.1) is 6.54 Å². The molecule has 0 unspecified atom stereocenters. The van der Waals surface area contributed by atoms with E-state index in [1.165, 1.54) is 0 Å². The molecule has 2 amide bonds. The number of benzene rings is 2. The molecule has 0 saturated carbocycles. The summed E-state index contributed by atoms with van der Waals surface area (Å²) in [5.74, 6) is -0.264. The van der Waals surface area contributed by atoms with Gasteiger partial charge in [0.1, 0.15) is 0 Å². The standard InChI is InChI=1S/C19H19ClN2O2/c20-17-9-5-4-8-15(17)16(14-6-2-1-3-7-14)12-19(24)22-11-10-21-18(23)13-22/h1-9,16H,10-13H2,(H,21,23)/t16-/m1/s1. The lowest BCUT2D eigenvalue weighted by Crippen LogP contribution is -2.50. The number of rotatable bonds is 4. The van der Waals surface area contributed by atoms with Gasteiger partial charge < -0.3 is 10.2 Å². The summed E-state index contributed by atoms with van der Waals surface area (Å²) in [4.78, 5) is 25.9. The number of carbonyl (C=O) groups excluding carboxylic acids is 2. The maximum absolute atomic E-state index is 12.7. The predicted molar refractivity (Wildman–Crippen MR) is 93.9 cm³/mol. The summed E-state index contributed by atoms with van der Waals surface area (Å²) < 4.78 is 0. The minimum Gasteiger partial charge on any atom is -0.353 e. The molecule has 3 rings (SSSR count). The normalized spacial score (nSPS) is 15.7. The van der Waals surface area contributed by atoms with Crippen LogP contribution in [-0.4, -0.2) is 36.3 Å². The van der Waals surface area contributed by atoms with Gasteiger partial charge in [-0.2, -0.15) is 0 Å². The van der Waals surface area contributed by atoms with Crippen molar-refractivity contribution in [3.8, 4) is 0 Å². The van der Waals surface area contributed by atoms with Gasteiger partial charge in [-0.25, -0.2) is 0 Å². The lowest BCUT2D eigenvalue weighted by Gasteiger charge is -2.29. The van der Waals surface area contributed by atoms with Crippen LogP contribution in [-0.2, 0) is 9.59 Å². The van der Waals surface area contributed by atoms with Gasteiger partial charge in [0, 0.05) is 30.5 Å². The summed E-state index contributed by atoms with van der Waals surface area (Å²) in [7, 11) is 0. The van der Waals surface area contributed by atoms with Crippen LogP contribution in [0.5, 0.6) is 0 Å². The van der Waals surface area contributed by atoms with Crippen molar-refractivity contribution in [2.75, 3.05) is 19.6 Å². The Balaban J connectivity index is 1.87. The third kappa shape index (κ3) is 3.77.